The molecule has 1 saturated heterocycles. The van der Waals surface area contributed by atoms with Crippen LogP contribution < -0.4 is 9.46 Å². The van der Waals surface area contributed by atoms with Crippen molar-refractivity contribution >= 4 is 16.0 Å². The van der Waals surface area contributed by atoms with Gasteiger partial charge < -0.3 is 9.47 Å². The van der Waals surface area contributed by atoms with Crippen molar-refractivity contribution in [1.82, 2.24) is 4.90 Å². The van der Waals surface area contributed by atoms with E-state index in [0.29, 0.717) is 18.9 Å². The molecule has 1 aromatic rings. The van der Waals surface area contributed by atoms with Gasteiger partial charge in [0, 0.05) is 24.1 Å². The second kappa shape index (κ2) is 5.38. The monoisotopic (exact) mass is 328 g/mol. The van der Waals surface area contributed by atoms with E-state index >= 15 is 0 Å². The highest BCUT2D eigenvalue weighted by Gasteiger charge is 2.45. The molecule has 0 amide bonds. The Balaban J connectivity index is 1.89. The summed E-state index contributed by atoms with van der Waals surface area (Å²) in [6.07, 6.45) is -0.118. The Bertz CT molecular complexity index is 668. The van der Waals surface area contributed by atoms with Crippen molar-refractivity contribution in [1.29, 1.82) is 0 Å². The van der Waals surface area contributed by atoms with Gasteiger partial charge in [-0.05, 0) is 18.2 Å². The lowest BCUT2D eigenvalue weighted by atomic mass is 9.83. The Morgan fingerprint density at radius 3 is 2.64 bits per heavy atom. The average molecular weight is 328 g/mol. The van der Waals surface area contributed by atoms with E-state index in [1.165, 1.54) is 0 Å². The Morgan fingerprint density at radius 1 is 1.32 bits per heavy atom. The molecule has 1 atom stereocenters. The fourth-order valence-corrected chi connectivity index (χ4v) is 3.52. The number of anilines is 1. The predicted octanol–water partition coefficient (Wildman–Crippen LogP) is 1.23. The highest BCUT2D eigenvalue weighted by atomic mass is 32.2. The first-order valence-electron chi connectivity index (χ1n) is 7.15. The van der Waals surface area contributed by atoms with Gasteiger partial charge in [-0.3, -0.25) is 14.2 Å². The van der Waals surface area contributed by atoms with E-state index in [2.05, 4.69) is 23.5 Å². The second-order valence-corrected chi connectivity index (χ2v) is 7.28. The average Bonchev–Trinajstić information content (AvgIpc) is 2.70. The van der Waals surface area contributed by atoms with E-state index in [0.717, 1.165) is 24.4 Å². The first kappa shape index (κ1) is 15.5. The highest BCUT2D eigenvalue weighted by Crippen LogP contribution is 2.45. The molecule has 1 fully saturated rings. The fraction of sp³-hybridized carbons (Fsp3) is 0.571. The molecular weight excluding hydrogens is 308 g/mol. The Morgan fingerprint density at radius 2 is 2.00 bits per heavy atom. The largest absolute Gasteiger partial charge is 0.474 e. The lowest BCUT2D eigenvalue weighted by Crippen LogP contribution is -2.52. The number of nitrogens with zero attached hydrogens (tertiary/aromatic N) is 1. The molecule has 2 aliphatic rings. The summed E-state index contributed by atoms with van der Waals surface area (Å²) < 4.78 is 44.4. The molecule has 22 heavy (non-hydrogen) atoms. The third kappa shape index (κ3) is 2.91. The Kier molecular flexibility index (Phi) is 3.80. The third-order valence-electron chi connectivity index (χ3n) is 4.15. The minimum atomic E-state index is -4.28. The molecule has 3 rings (SSSR count). The maximum Gasteiger partial charge on any atom is 0.357 e. The predicted molar refractivity (Wildman–Crippen MR) is 81.4 cm³/mol. The van der Waals surface area contributed by atoms with Crippen LogP contribution in [0.5, 0.6) is 5.75 Å². The van der Waals surface area contributed by atoms with Gasteiger partial charge in [0.15, 0.2) is 6.23 Å². The van der Waals surface area contributed by atoms with Gasteiger partial charge in [0.05, 0.1) is 18.9 Å². The van der Waals surface area contributed by atoms with Crippen LogP contribution in [0.2, 0.25) is 0 Å². The summed E-state index contributed by atoms with van der Waals surface area (Å²) in [7, 11) is -4.28. The number of fused-ring (bicyclic) bond motifs is 1. The number of rotatable bonds is 3. The molecule has 0 radical (unpaired) electrons. The highest BCUT2D eigenvalue weighted by molar-refractivity contribution is 7.87. The van der Waals surface area contributed by atoms with Crippen LogP contribution in [-0.2, 0) is 20.5 Å². The van der Waals surface area contributed by atoms with E-state index in [1.807, 2.05) is 0 Å². The number of morpholine rings is 1. The van der Waals surface area contributed by atoms with E-state index in [1.54, 1.807) is 18.2 Å². The number of nitrogens with one attached hydrogen (secondary N) is 1. The molecule has 2 N–H and O–H groups in total. The molecule has 0 aliphatic carbocycles. The van der Waals surface area contributed by atoms with Gasteiger partial charge in [-0.2, -0.15) is 8.42 Å². The number of hydrogen-bond donors (Lipinski definition) is 2. The Labute approximate surface area is 130 Å². The zero-order chi connectivity index (χ0) is 16.0. The van der Waals surface area contributed by atoms with Crippen molar-refractivity contribution in [3.8, 4) is 5.75 Å². The molecule has 0 bridgehead atoms. The van der Waals surface area contributed by atoms with Crippen LogP contribution in [0.3, 0.4) is 0 Å². The van der Waals surface area contributed by atoms with Crippen LogP contribution in [0.4, 0.5) is 5.69 Å². The van der Waals surface area contributed by atoms with Crippen LogP contribution in [0.1, 0.15) is 19.4 Å². The molecule has 0 aromatic heterocycles. The van der Waals surface area contributed by atoms with Gasteiger partial charge in [-0.1, -0.05) is 13.8 Å². The first-order chi connectivity index (χ1) is 10.3. The van der Waals surface area contributed by atoms with Crippen molar-refractivity contribution < 1.29 is 22.4 Å². The van der Waals surface area contributed by atoms with Crippen molar-refractivity contribution in [2.75, 3.05) is 31.0 Å². The van der Waals surface area contributed by atoms with Crippen LogP contribution in [-0.4, -0.2) is 50.4 Å². The van der Waals surface area contributed by atoms with E-state index in [9.17, 15) is 8.42 Å². The van der Waals surface area contributed by atoms with Crippen molar-refractivity contribution in [3.05, 3.63) is 23.8 Å². The third-order valence-corrected chi connectivity index (χ3v) is 4.65. The van der Waals surface area contributed by atoms with Crippen LogP contribution in [0.25, 0.3) is 0 Å². The molecular formula is C14H20N2O5S. The summed E-state index contributed by atoms with van der Waals surface area (Å²) in [6.45, 7) is 7.10. The quantitative estimate of drug-likeness (QED) is 0.812. The molecule has 7 nitrogen and oxygen atoms in total. The van der Waals surface area contributed by atoms with Gasteiger partial charge >= 0.3 is 10.3 Å². The SMILES string of the molecule is CC1(C)c2cc(NS(=O)(=O)O)ccc2OC1N1CCOCC1. The fourth-order valence-electron chi connectivity index (χ4n) is 3.09. The minimum Gasteiger partial charge on any atom is -0.474 e. The van der Waals surface area contributed by atoms with Gasteiger partial charge in [-0.25, -0.2) is 0 Å². The first-order valence-corrected chi connectivity index (χ1v) is 8.59. The van der Waals surface area contributed by atoms with Gasteiger partial charge in [0.1, 0.15) is 5.75 Å². The number of ether oxygens (including phenoxy) is 2. The Hall–Kier alpha value is -1.35. The number of benzene rings is 1. The van der Waals surface area contributed by atoms with Crippen LogP contribution in [0.15, 0.2) is 18.2 Å². The van der Waals surface area contributed by atoms with Gasteiger partial charge in [0.2, 0.25) is 0 Å². The molecule has 2 heterocycles. The smallest absolute Gasteiger partial charge is 0.357 e. The zero-order valence-corrected chi connectivity index (χ0v) is 13.4. The topological polar surface area (TPSA) is 88.1 Å². The van der Waals surface area contributed by atoms with Crippen LogP contribution in [0, 0.1) is 0 Å². The normalized spacial score (nSPS) is 24.6. The molecule has 122 valence electrons. The van der Waals surface area contributed by atoms with Crippen LogP contribution >= 0.6 is 0 Å². The second-order valence-electron chi connectivity index (χ2n) is 6.13. The zero-order valence-electron chi connectivity index (χ0n) is 12.6. The summed E-state index contributed by atoms with van der Waals surface area (Å²) in [6, 6.07) is 5.01. The van der Waals surface area contributed by atoms with E-state index < -0.39 is 10.3 Å². The maximum absolute atomic E-state index is 11.0. The van der Waals surface area contributed by atoms with Crippen molar-refractivity contribution in [2.24, 2.45) is 0 Å². The molecule has 8 heteroatoms. The molecule has 2 aliphatic heterocycles. The molecule has 0 spiro atoms. The van der Waals surface area contributed by atoms with E-state index in [4.69, 9.17) is 14.0 Å². The summed E-state index contributed by atoms with van der Waals surface area (Å²) in [4.78, 5) is 2.24. The molecule has 1 unspecified atom stereocenters. The minimum absolute atomic E-state index is 0.118. The van der Waals surface area contributed by atoms with Gasteiger partial charge in [-0.15, -0.1) is 0 Å². The molecule has 1 aromatic carbocycles. The summed E-state index contributed by atoms with van der Waals surface area (Å²) >= 11 is 0. The summed E-state index contributed by atoms with van der Waals surface area (Å²) in [5.41, 5.74) is 0.932. The summed E-state index contributed by atoms with van der Waals surface area (Å²) in [5, 5.41) is 0. The van der Waals surface area contributed by atoms with Gasteiger partial charge in [0.25, 0.3) is 0 Å². The van der Waals surface area contributed by atoms with Crippen molar-refractivity contribution in [3.63, 3.8) is 0 Å². The maximum atomic E-state index is 11.0. The van der Waals surface area contributed by atoms with Crippen molar-refractivity contribution in [2.45, 2.75) is 25.5 Å². The number of hydrogen-bond acceptors (Lipinski definition) is 5. The lowest BCUT2D eigenvalue weighted by Gasteiger charge is -2.38. The van der Waals surface area contributed by atoms with E-state index in [-0.39, 0.29) is 11.6 Å². The lowest BCUT2D eigenvalue weighted by molar-refractivity contribution is -0.0612. The summed E-state index contributed by atoms with van der Waals surface area (Å²) in [5.74, 6) is 0.738. The molecule has 0 saturated carbocycles. The standard InChI is InChI=1S/C14H20N2O5S/c1-14(2)11-9-10(15-22(17,18)19)3-4-12(11)21-13(14)16-5-7-20-8-6-16/h3-4,9,13,15H,5-8H2,1-2H3,(H,17,18,19).